The fraction of sp³-hybridized carbons (Fsp3) is 0.107. The molecule has 0 fully saturated rings. The molecular formula is C28H25N5O2. The van der Waals surface area contributed by atoms with Crippen LogP contribution >= 0.6 is 0 Å². The zero-order chi connectivity index (χ0) is 24.5. The molecule has 174 valence electrons. The zero-order valence-corrected chi connectivity index (χ0v) is 19.7. The number of phenols is 1. The van der Waals surface area contributed by atoms with E-state index in [-0.39, 0.29) is 17.0 Å². The van der Waals surface area contributed by atoms with Crippen LogP contribution in [0.1, 0.15) is 5.69 Å². The average molecular weight is 464 g/mol. The lowest BCUT2D eigenvalue weighted by Crippen LogP contribution is -2.14. The summed E-state index contributed by atoms with van der Waals surface area (Å²) >= 11 is 0. The lowest BCUT2D eigenvalue weighted by molar-refractivity contribution is 0.475. The normalized spacial score (nSPS) is 11.4. The van der Waals surface area contributed by atoms with Crippen LogP contribution in [0.15, 0.2) is 100.0 Å². The lowest BCUT2D eigenvalue weighted by atomic mass is 10.0. The first-order valence-electron chi connectivity index (χ1n) is 11.2. The van der Waals surface area contributed by atoms with Crippen molar-refractivity contribution in [2.75, 3.05) is 19.0 Å². The molecule has 2 N–H and O–H groups in total. The summed E-state index contributed by atoms with van der Waals surface area (Å²) in [6.45, 7) is 1.77. The number of anilines is 1. The van der Waals surface area contributed by atoms with Gasteiger partial charge in [-0.05, 0) is 65.2 Å². The van der Waals surface area contributed by atoms with Crippen molar-refractivity contribution in [2.24, 2.45) is 10.2 Å². The Morgan fingerprint density at radius 3 is 2.31 bits per heavy atom. The highest BCUT2D eigenvalue weighted by Crippen LogP contribution is 2.29. The number of nitrogens with zero attached hydrogens (tertiary/aromatic N) is 4. The third kappa shape index (κ3) is 4.44. The lowest BCUT2D eigenvalue weighted by Gasteiger charge is -2.13. The van der Waals surface area contributed by atoms with Crippen LogP contribution in [0.4, 0.5) is 17.1 Å². The number of phenolic OH excluding ortho intramolecular Hbond substituents is 1. The third-order valence-electron chi connectivity index (χ3n) is 5.92. The van der Waals surface area contributed by atoms with E-state index in [1.807, 2.05) is 91.8 Å². The molecule has 0 aliphatic carbocycles. The second-order valence-electron chi connectivity index (χ2n) is 8.64. The SMILES string of the molecule is Cc1[nH]n(-c2cc(O)cc(-c3ccc(N(C)C)cc3)c2)c(=O)c1N=Nc1ccc2ccccc2c1. The number of nitrogens with one attached hydrogen (secondary N) is 1. The van der Waals surface area contributed by atoms with Gasteiger partial charge in [-0.25, -0.2) is 4.68 Å². The monoisotopic (exact) mass is 463 g/mol. The second kappa shape index (κ2) is 8.95. The van der Waals surface area contributed by atoms with Crippen molar-refractivity contribution < 1.29 is 5.11 Å². The van der Waals surface area contributed by atoms with Gasteiger partial charge in [-0.15, -0.1) is 5.11 Å². The Kier molecular flexibility index (Phi) is 5.66. The number of aromatic nitrogens is 2. The molecule has 35 heavy (non-hydrogen) atoms. The second-order valence-corrected chi connectivity index (χ2v) is 8.64. The van der Waals surface area contributed by atoms with Crippen LogP contribution in [0.2, 0.25) is 0 Å². The number of hydrogen-bond donors (Lipinski definition) is 2. The van der Waals surface area contributed by atoms with Gasteiger partial charge >= 0.3 is 0 Å². The highest BCUT2D eigenvalue weighted by molar-refractivity contribution is 5.85. The molecule has 0 saturated heterocycles. The molecule has 0 unspecified atom stereocenters. The van der Waals surface area contributed by atoms with Gasteiger partial charge in [0, 0.05) is 25.8 Å². The highest BCUT2D eigenvalue weighted by Gasteiger charge is 2.14. The topological polar surface area (TPSA) is 86.0 Å². The van der Waals surface area contributed by atoms with E-state index >= 15 is 0 Å². The minimum absolute atomic E-state index is 0.0627. The Labute approximate surface area is 202 Å². The van der Waals surface area contributed by atoms with Gasteiger partial charge in [0.25, 0.3) is 5.56 Å². The number of aryl methyl sites for hydroxylation is 1. The fourth-order valence-electron chi connectivity index (χ4n) is 4.03. The predicted octanol–water partition coefficient (Wildman–Crippen LogP) is 6.48. The van der Waals surface area contributed by atoms with Gasteiger partial charge in [0.2, 0.25) is 0 Å². The van der Waals surface area contributed by atoms with Crippen molar-refractivity contribution in [3.05, 3.63) is 101 Å². The number of fused-ring (bicyclic) bond motifs is 1. The van der Waals surface area contributed by atoms with Gasteiger partial charge in [0.1, 0.15) is 5.75 Å². The first-order chi connectivity index (χ1) is 16.9. The van der Waals surface area contributed by atoms with Gasteiger partial charge in [-0.3, -0.25) is 9.89 Å². The van der Waals surface area contributed by atoms with Crippen molar-refractivity contribution in [3.63, 3.8) is 0 Å². The maximum Gasteiger partial charge on any atom is 0.299 e. The molecule has 0 aliphatic rings. The summed E-state index contributed by atoms with van der Waals surface area (Å²) in [7, 11) is 3.97. The number of azo groups is 1. The number of aromatic amines is 1. The molecule has 7 nitrogen and oxygen atoms in total. The molecule has 0 spiro atoms. The molecule has 7 heteroatoms. The van der Waals surface area contributed by atoms with Crippen LogP contribution in [-0.2, 0) is 0 Å². The van der Waals surface area contributed by atoms with Gasteiger partial charge in [0.15, 0.2) is 5.69 Å². The summed E-state index contributed by atoms with van der Waals surface area (Å²) in [4.78, 5) is 15.2. The van der Waals surface area contributed by atoms with Crippen molar-refractivity contribution in [3.8, 4) is 22.6 Å². The first kappa shape index (κ1) is 22.2. The molecule has 0 radical (unpaired) electrons. The Morgan fingerprint density at radius 1 is 0.829 bits per heavy atom. The van der Waals surface area contributed by atoms with Crippen LogP contribution in [0.25, 0.3) is 27.6 Å². The van der Waals surface area contributed by atoms with E-state index in [0.29, 0.717) is 17.1 Å². The number of rotatable bonds is 5. The molecule has 1 heterocycles. The molecule has 0 atom stereocenters. The van der Waals surface area contributed by atoms with Gasteiger partial charge in [-0.2, -0.15) is 5.11 Å². The summed E-state index contributed by atoms with van der Waals surface area (Å²) in [5, 5.41) is 24.2. The van der Waals surface area contributed by atoms with Crippen LogP contribution < -0.4 is 10.5 Å². The molecule has 0 saturated carbocycles. The van der Waals surface area contributed by atoms with Crippen molar-refractivity contribution >= 4 is 27.8 Å². The maximum atomic E-state index is 13.2. The Balaban J connectivity index is 1.49. The quantitative estimate of drug-likeness (QED) is 0.293. The number of benzene rings is 4. The van der Waals surface area contributed by atoms with E-state index in [1.165, 1.54) is 4.68 Å². The zero-order valence-electron chi connectivity index (χ0n) is 19.7. The molecule has 1 aromatic heterocycles. The Bertz CT molecular complexity index is 1610. The van der Waals surface area contributed by atoms with Gasteiger partial charge in [-0.1, -0.05) is 42.5 Å². The minimum Gasteiger partial charge on any atom is -0.508 e. The van der Waals surface area contributed by atoms with Crippen molar-refractivity contribution in [2.45, 2.75) is 6.92 Å². The largest absolute Gasteiger partial charge is 0.508 e. The number of hydrogen-bond acceptors (Lipinski definition) is 5. The smallest absolute Gasteiger partial charge is 0.299 e. The molecule has 0 amide bonds. The Hall–Kier alpha value is -4.65. The van der Waals surface area contributed by atoms with Crippen LogP contribution in [-0.4, -0.2) is 29.0 Å². The van der Waals surface area contributed by atoms with Crippen LogP contribution in [0.5, 0.6) is 5.75 Å². The van der Waals surface area contributed by atoms with E-state index < -0.39 is 0 Å². The summed E-state index contributed by atoms with van der Waals surface area (Å²) in [6.07, 6.45) is 0. The number of aromatic hydroxyl groups is 1. The van der Waals surface area contributed by atoms with Gasteiger partial charge in [0.05, 0.1) is 17.1 Å². The maximum absolute atomic E-state index is 13.2. The summed E-state index contributed by atoms with van der Waals surface area (Å²) in [5.41, 5.74) is 4.44. The third-order valence-corrected chi connectivity index (χ3v) is 5.92. The molecular weight excluding hydrogens is 438 g/mol. The van der Waals surface area contributed by atoms with E-state index in [1.54, 1.807) is 19.1 Å². The van der Waals surface area contributed by atoms with Crippen molar-refractivity contribution in [1.29, 1.82) is 0 Å². The predicted molar refractivity (Wildman–Crippen MR) is 141 cm³/mol. The van der Waals surface area contributed by atoms with E-state index in [4.69, 9.17) is 0 Å². The standard InChI is InChI=1S/C28H25N5O2/c1-18-27(30-29-23-11-8-19-6-4-5-7-21(19)14-23)28(35)33(31-18)25-15-22(16-26(34)17-25)20-9-12-24(13-10-20)32(2)3/h4-17,31,34H,1-3H3. The molecule has 0 bridgehead atoms. The fourth-order valence-corrected chi connectivity index (χ4v) is 4.03. The Morgan fingerprint density at radius 2 is 1.57 bits per heavy atom. The van der Waals surface area contributed by atoms with Crippen LogP contribution in [0, 0.1) is 6.92 Å². The van der Waals surface area contributed by atoms with E-state index in [2.05, 4.69) is 15.3 Å². The molecule has 4 aromatic carbocycles. The summed E-state index contributed by atoms with van der Waals surface area (Å²) in [6, 6.07) is 26.8. The highest BCUT2D eigenvalue weighted by atomic mass is 16.3. The first-order valence-corrected chi connectivity index (χ1v) is 11.2. The minimum atomic E-state index is -0.341. The van der Waals surface area contributed by atoms with Crippen LogP contribution in [0.3, 0.4) is 0 Å². The number of H-pyrrole nitrogens is 1. The molecule has 5 rings (SSSR count). The van der Waals surface area contributed by atoms with Crippen molar-refractivity contribution in [1.82, 2.24) is 9.78 Å². The molecule has 0 aliphatic heterocycles. The summed E-state index contributed by atoms with van der Waals surface area (Å²) in [5.74, 6) is 0.0627. The summed E-state index contributed by atoms with van der Waals surface area (Å²) < 4.78 is 1.38. The van der Waals surface area contributed by atoms with E-state index in [9.17, 15) is 9.90 Å². The average Bonchev–Trinajstić information content (AvgIpc) is 3.15. The molecule has 5 aromatic rings. The van der Waals surface area contributed by atoms with E-state index in [0.717, 1.165) is 27.6 Å². The van der Waals surface area contributed by atoms with Gasteiger partial charge < -0.3 is 10.0 Å².